The number of H-pyrrole nitrogens is 1. The molecule has 3 unspecified atom stereocenters. The van der Waals surface area contributed by atoms with E-state index in [-0.39, 0.29) is 0 Å². The van der Waals surface area contributed by atoms with Crippen LogP contribution in [-0.4, -0.2) is 52.2 Å². The number of aromatic nitrogens is 3. The first-order valence-corrected chi connectivity index (χ1v) is 8.61. The van der Waals surface area contributed by atoms with Gasteiger partial charge in [0.2, 0.25) is 11.9 Å². The van der Waals surface area contributed by atoms with Crippen LogP contribution in [0.4, 0.5) is 5.95 Å². The van der Waals surface area contributed by atoms with Crippen molar-refractivity contribution in [2.45, 2.75) is 39.0 Å². The van der Waals surface area contributed by atoms with Crippen molar-refractivity contribution in [3.05, 3.63) is 5.82 Å². The first-order chi connectivity index (χ1) is 10.7. The van der Waals surface area contributed by atoms with Gasteiger partial charge in [-0.2, -0.15) is 4.98 Å². The summed E-state index contributed by atoms with van der Waals surface area (Å²) < 4.78 is 0. The zero-order valence-corrected chi connectivity index (χ0v) is 13.3. The fraction of sp³-hybridized carbons (Fsp3) is 0.812. The lowest BCUT2D eigenvalue weighted by Crippen LogP contribution is -2.49. The Morgan fingerprint density at radius 1 is 1.23 bits per heavy atom. The van der Waals surface area contributed by atoms with E-state index in [2.05, 4.69) is 20.1 Å². The van der Waals surface area contributed by atoms with Crippen molar-refractivity contribution in [3.63, 3.8) is 0 Å². The summed E-state index contributed by atoms with van der Waals surface area (Å²) in [5.74, 6) is 4.39. The molecule has 1 aromatic heterocycles. The molecule has 1 amide bonds. The van der Waals surface area contributed by atoms with Crippen molar-refractivity contribution in [1.29, 1.82) is 0 Å². The van der Waals surface area contributed by atoms with Crippen LogP contribution in [0.3, 0.4) is 0 Å². The molecule has 0 radical (unpaired) electrons. The quantitative estimate of drug-likeness (QED) is 0.921. The SMILES string of the molecule is Cc1nc(N2CCN(C(=O)CC3CC4CCC3C4)CC2)n[nH]1. The maximum absolute atomic E-state index is 12.5. The van der Waals surface area contributed by atoms with E-state index in [1.807, 2.05) is 11.8 Å². The van der Waals surface area contributed by atoms with E-state index in [0.29, 0.717) is 11.8 Å². The average Bonchev–Trinajstić information content (AvgIpc) is 3.24. The number of carbonyl (C=O) groups excluding carboxylic acids is 1. The van der Waals surface area contributed by atoms with Crippen LogP contribution in [0.25, 0.3) is 0 Å². The Kier molecular flexibility index (Phi) is 3.54. The van der Waals surface area contributed by atoms with E-state index < -0.39 is 0 Å². The van der Waals surface area contributed by atoms with Crippen molar-refractivity contribution in [2.24, 2.45) is 17.8 Å². The second-order valence-electron chi connectivity index (χ2n) is 7.23. The molecule has 3 fully saturated rings. The summed E-state index contributed by atoms with van der Waals surface area (Å²) in [7, 11) is 0. The zero-order valence-electron chi connectivity index (χ0n) is 13.3. The fourth-order valence-electron chi connectivity index (χ4n) is 4.61. The summed E-state index contributed by atoms with van der Waals surface area (Å²) in [5.41, 5.74) is 0. The van der Waals surface area contributed by atoms with Gasteiger partial charge in [0.05, 0.1) is 0 Å². The highest BCUT2D eigenvalue weighted by Crippen LogP contribution is 2.49. The molecule has 2 saturated carbocycles. The predicted molar refractivity (Wildman–Crippen MR) is 83.5 cm³/mol. The maximum atomic E-state index is 12.5. The lowest BCUT2D eigenvalue weighted by atomic mass is 9.86. The first kappa shape index (κ1) is 14.0. The van der Waals surface area contributed by atoms with Gasteiger partial charge in [0.1, 0.15) is 5.82 Å². The monoisotopic (exact) mass is 303 g/mol. The molecule has 2 heterocycles. The Balaban J connectivity index is 1.29. The molecule has 2 bridgehead atoms. The standard InChI is InChI=1S/C16H25N5O/c1-11-17-16(19-18-11)21-6-4-20(5-7-21)15(22)10-14-9-12-2-3-13(14)8-12/h12-14H,2-10H2,1H3,(H,17,18,19). The molecule has 1 aromatic rings. The molecule has 1 aliphatic heterocycles. The van der Waals surface area contributed by atoms with Gasteiger partial charge in [-0.05, 0) is 43.9 Å². The van der Waals surface area contributed by atoms with Gasteiger partial charge in [0.25, 0.3) is 0 Å². The molecule has 4 rings (SSSR count). The fourth-order valence-corrected chi connectivity index (χ4v) is 4.61. The smallest absolute Gasteiger partial charge is 0.244 e. The minimum Gasteiger partial charge on any atom is -0.339 e. The third-order valence-corrected chi connectivity index (χ3v) is 5.82. The number of rotatable bonds is 3. The third-order valence-electron chi connectivity index (χ3n) is 5.82. The van der Waals surface area contributed by atoms with Crippen LogP contribution in [0.15, 0.2) is 0 Å². The molecule has 0 aromatic carbocycles. The number of hydrogen-bond acceptors (Lipinski definition) is 4. The van der Waals surface area contributed by atoms with Gasteiger partial charge < -0.3 is 9.80 Å². The van der Waals surface area contributed by atoms with Crippen molar-refractivity contribution >= 4 is 11.9 Å². The highest BCUT2D eigenvalue weighted by atomic mass is 16.2. The summed E-state index contributed by atoms with van der Waals surface area (Å²) in [6.07, 6.45) is 6.23. The molecule has 0 spiro atoms. The van der Waals surface area contributed by atoms with E-state index >= 15 is 0 Å². The number of nitrogens with zero attached hydrogens (tertiary/aromatic N) is 4. The second kappa shape index (κ2) is 5.56. The molecule has 120 valence electrons. The Morgan fingerprint density at radius 3 is 2.64 bits per heavy atom. The van der Waals surface area contributed by atoms with Crippen molar-refractivity contribution in [1.82, 2.24) is 20.1 Å². The molecule has 2 aliphatic carbocycles. The summed E-state index contributed by atoms with van der Waals surface area (Å²) in [4.78, 5) is 21.1. The van der Waals surface area contributed by atoms with Crippen LogP contribution in [0.1, 0.15) is 37.9 Å². The molecule has 1 N–H and O–H groups in total. The van der Waals surface area contributed by atoms with Gasteiger partial charge in [-0.1, -0.05) is 6.42 Å². The van der Waals surface area contributed by atoms with E-state index in [1.54, 1.807) is 0 Å². The maximum Gasteiger partial charge on any atom is 0.244 e. The topological polar surface area (TPSA) is 65.1 Å². The number of aryl methyl sites for hydroxylation is 1. The molecular weight excluding hydrogens is 278 g/mol. The van der Waals surface area contributed by atoms with E-state index in [9.17, 15) is 4.79 Å². The number of nitrogens with one attached hydrogen (secondary N) is 1. The van der Waals surface area contributed by atoms with Crippen LogP contribution in [0.2, 0.25) is 0 Å². The predicted octanol–water partition coefficient (Wildman–Crippen LogP) is 1.59. The molecule has 22 heavy (non-hydrogen) atoms. The summed E-state index contributed by atoms with van der Waals surface area (Å²) >= 11 is 0. The van der Waals surface area contributed by atoms with Gasteiger partial charge in [-0.3, -0.25) is 9.89 Å². The van der Waals surface area contributed by atoms with Gasteiger partial charge in [-0.25, -0.2) is 0 Å². The molecule has 6 heteroatoms. The van der Waals surface area contributed by atoms with E-state index in [1.165, 1.54) is 25.7 Å². The third kappa shape index (κ3) is 2.59. The van der Waals surface area contributed by atoms with Crippen LogP contribution in [0.5, 0.6) is 0 Å². The van der Waals surface area contributed by atoms with Gasteiger partial charge in [0, 0.05) is 32.6 Å². The van der Waals surface area contributed by atoms with Gasteiger partial charge in [0.15, 0.2) is 0 Å². The highest BCUT2D eigenvalue weighted by Gasteiger charge is 2.40. The van der Waals surface area contributed by atoms with E-state index in [0.717, 1.165) is 56.2 Å². The number of carbonyl (C=O) groups is 1. The molecule has 1 saturated heterocycles. The van der Waals surface area contributed by atoms with Crippen molar-refractivity contribution < 1.29 is 4.79 Å². The largest absolute Gasteiger partial charge is 0.339 e. The lowest BCUT2D eigenvalue weighted by molar-refractivity contribution is -0.132. The number of piperazine rings is 1. The molecule has 6 nitrogen and oxygen atoms in total. The number of anilines is 1. The van der Waals surface area contributed by atoms with Crippen LogP contribution in [0, 0.1) is 24.7 Å². The Labute approximate surface area is 131 Å². The van der Waals surface area contributed by atoms with Gasteiger partial charge in [-0.15, -0.1) is 5.10 Å². The van der Waals surface area contributed by atoms with Crippen molar-refractivity contribution in [2.75, 3.05) is 31.1 Å². The Morgan fingerprint density at radius 2 is 2.05 bits per heavy atom. The minimum atomic E-state index is 0.364. The number of aromatic amines is 1. The molecular formula is C16H25N5O. The summed E-state index contributed by atoms with van der Waals surface area (Å²) in [6, 6.07) is 0. The van der Waals surface area contributed by atoms with Gasteiger partial charge >= 0.3 is 0 Å². The minimum absolute atomic E-state index is 0.364. The number of fused-ring (bicyclic) bond motifs is 2. The summed E-state index contributed by atoms with van der Waals surface area (Å²) in [5, 5.41) is 7.08. The first-order valence-electron chi connectivity index (χ1n) is 8.61. The Bertz CT molecular complexity index is 548. The van der Waals surface area contributed by atoms with Crippen LogP contribution < -0.4 is 4.90 Å². The summed E-state index contributed by atoms with van der Waals surface area (Å²) in [6.45, 7) is 5.17. The average molecular weight is 303 g/mol. The zero-order chi connectivity index (χ0) is 15.1. The Hall–Kier alpha value is -1.59. The van der Waals surface area contributed by atoms with Crippen molar-refractivity contribution in [3.8, 4) is 0 Å². The number of hydrogen-bond donors (Lipinski definition) is 1. The normalized spacial score (nSPS) is 31.0. The molecule has 3 aliphatic rings. The lowest BCUT2D eigenvalue weighted by Gasteiger charge is -2.35. The van der Waals surface area contributed by atoms with Crippen LogP contribution in [-0.2, 0) is 4.79 Å². The van der Waals surface area contributed by atoms with E-state index in [4.69, 9.17) is 0 Å². The van der Waals surface area contributed by atoms with Crippen LogP contribution >= 0.6 is 0 Å². The molecule has 3 atom stereocenters. The second-order valence-corrected chi connectivity index (χ2v) is 7.23. The number of amides is 1. The highest BCUT2D eigenvalue weighted by molar-refractivity contribution is 5.76.